The molecule has 1 aromatic carbocycles. The number of carbonyl (C=O) groups is 1. The number of hydrogen-bond donors (Lipinski definition) is 2. The van der Waals surface area contributed by atoms with Crippen LogP contribution < -0.4 is 11.1 Å². The predicted molar refractivity (Wildman–Crippen MR) is 79.3 cm³/mol. The van der Waals surface area contributed by atoms with Gasteiger partial charge in [-0.1, -0.05) is 26.0 Å². The van der Waals surface area contributed by atoms with Crippen LogP contribution in [-0.2, 0) is 4.79 Å². The number of carbonyl (C=O) groups excluding carboxylic acids is 1. The average molecular weight is 320 g/mol. The third-order valence-corrected chi connectivity index (χ3v) is 3.97. The summed E-state index contributed by atoms with van der Waals surface area (Å²) in [4.78, 5) is 12.2. The van der Waals surface area contributed by atoms with E-state index in [4.69, 9.17) is 5.73 Å². The van der Waals surface area contributed by atoms with E-state index in [0.717, 1.165) is 0 Å². The normalized spacial score (nSPS) is 13.3. The Morgan fingerprint density at radius 2 is 1.95 bits per heavy atom. The third kappa shape index (κ3) is 6.86. The molecule has 0 aliphatic heterocycles. The number of anilines is 1. The maximum Gasteiger partial charge on any atom is 0.398 e. The number of nitrogens with two attached hydrogens (primary N) is 1. The fourth-order valence-electron chi connectivity index (χ4n) is 1.51. The summed E-state index contributed by atoms with van der Waals surface area (Å²) < 4.78 is 36.8. The minimum atomic E-state index is -4.25. The summed E-state index contributed by atoms with van der Waals surface area (Å²) in [6.07, 6.45) is -4.11. The molecule has 0 radical (unpaired) electrons. The molecule has 1 rings (SSSR count). The van der Waals surface area contributed by atoms with Crippen molar-refractivity contribution in [1.82, 2.24) is 0 Å². The molecule has 0 heterocycles. The number of amides is 1. The summed E-state index contributed by atoms with van der Waals surface area (Å²) in [6, 6.07) is 6.15. The lowest BCUT2D eigenvalue weighted by molar-refractivity contribution is -0.116. The van der Waals surface area contributed by atoms with E-state index in [2.05, 4.69) is 5.32 Å². The van der Waals surface area contributed by atoms with E-state index >= 15 is 0 Å². The number of nitrogens with one attached hydrogen (secondary N) is 1. The largest absolute Gasteiger partial charge is 0.398 e. The first kappa shape index (κ1) is 17.8. The molecule has 0 fully saturated rings. The zero-order valence-corrected chi connectivity index (χ0v) is 12.7. The van der Waals surface area contributed by atoms with E-state index in [1.54, 1.807) is 24.3 Å². The zero-order chi connectivity index (χ0) is 16.0. The van der Waals surface area contributed by atoms with E-state index in [1.807, 2.05) is 13.8 Å². The molecule has 0 aliphatic carbocycles. The highest BCUT2D eigenvalue weighted by Gasteiger charge is 2.27. The Kier molecular flexibility index (Phi) is 6.54. The fourth-order valence-corrected chi connectivity index (χ4v) is 2.27. The van der Waals surface area contributed by atoms with Crippen molar-refractivity contribution < 1.29 is 18.0 Å². The van der Waals surface area contributed by atoms with Gasteiger partial charge in [0.05, 0.1) is 11.4 Å². The molecular weight excluding hydrogens is 301 g/mol. The lowest BCUT2D eigenvalue weighted by Crippen LogP contribution is -2.31. The molecule has 0 saturated carbocycles. The van der Waals surface area contributed by atoms with Crippen LogP contribution in [-0.4, -0.2) is 23.9 Å². The highest BCUT2D eigenvalue weighted by Crippen LogP contribution is 2.32. The Morgan fingerprint density at radius 3 is 2.52 bits per heavy atom. The number of benzene rings is 1. The summed E-state index contributed by atoms with van der Waals surface area (Å²) in [7, 11) is 0. The second-order valence-corrected chi connectivity index (χ2v) is 6.08. The number of hydrogen-bond acceptors (Lipinski definition) is 3. The Balaban J connectivity index is 2.68. The number of para-hydroxylation sites is 1. The van der Waals surface area contributed by atoms with Crippen molar-refractivity contribution in [3.8, 4) is 0 Å². The van der Waals surface area contributed by atoms with Gasteiger partial charge in [-0.2, -0.15) is 13.2 Å². The molecule has 7 heteroatoms. The Hall–Kier alpha value is -1.21. The average Bonchev–Trinajstić information content (AvgIpc) is 2.36. The summed E-state index contributed by atoms with van der Waals surface area (Å²) >= 11 is 0.650. The van der Waals surface area contributed by atoms with E-state index in [-0.39, 0.29) is 24.3 Å². The van der Waals surface area contributed by atoms with E-state index < -0.39 is 11.9 Å². The first-order valence-corrected chi connectivity index (χ1v) is 7.51. The van der Waals surface area contributed by atoms with Crippen LogP contribution in [0.5, 0.6) is 0 Å². The van der Waals surface area contributed by atoms with Crippen LogP contribution in [0.25, 0.3) is 0 Å². The van der Waals surface area contributed by atoms with Crippen LogP contribution in [0.2, 0.25) is 0 Å². The number of halogens is 3. The van der Waals surface area contributed by atoms with Gasteiger partial charge in [-0.25, -0.2) is 0 Å². The maximum absolute atomic E-state index is 12.3. The van der Waals surface area contributed by atoms with Crippen LogP contribution in [0.4, 0.5) is 18.9 Å². The molecule has 118 valence electrons. The van der Waals surface area contributed by atoms with Crippen LogP contribution in [0.3, 0.4) is 0 Å². The van der Waals surface area contributed by atoms with Crippen molar-refractivity contribution in [1.29, 1.82) is 0 Å². The second kappa shape index (κ2) is 7.70. The summed E-state index contributed by atoms with van der Waals surface area (Å²) in [5, 5.41) is 2.63. The molecule has 3 N–H and O–H groups in total. The van der Waals surface area contributed by atoms with Crippen LogP contribution in [0.15, 0.2) is 29.2 Å². The van der Waals surface area contributed by atoms with Crippen LogP contribution >= 0.6 is 11.8 Å². The van der Waals surface area contributed by atoms with Gasteiger partial charge in [0.25, 0.3) is 0 Å². The van der Waals surface area contributed by atoms with Crippen molar-refractivity contribution in [2.24, 2.45) is 11.7 Å². The van der Waals surface area contributed by atoms with Crippen LogP contribution in [0, 0.1) is 5.92 Å². The summed E-state index contributed by atoms with van der Waals surface area (Å²) in [5.74, 6) is -1.13. The van der Waals surface area contributed by atoms with Gasteiger partial charge in [0.1, 0.15) is 0 Å². The monoisotopic (exact) mass is 320 g/mol. The van der Waals surface area contributed by atoms with E-state index in [9.17, 15) is 18.0 Å². The number of thioether (sulfide) groups is 1. The minimum absolute atomic E-state index is 0.135. The molecule has 0 aromatic heterocycles. The van der Waals surface area contributed by atoms with Crippen molar-refractivity contribution in [3.05, 3.63) is 24.3 Å². The van der Waals surface area contributed by atoms with Gasteiger partial charge in [-0.3, -0.25) is 4.79 Å². The van der Waals surface area contributed by atoms with Gasteiger partial charge in [0, 0.05) is 17.4 Å². The summed E-state index contributed by atoms with van der Waals surface area (Å²) in [6.45, 7) is 3.82. The van der Waals surface area contributed by atoms with E-state index in [1.165, 1.54) is 0 Å². The Labute approximate surface area is 126 Å². The summed E-state index contributed by atoms with van der Waals surface area (Å²) in [5.41, 5.74) is 6.19. The van der Waals surface area contributed by atoms with Gasteiger partial charge in [-0.05, 0) is 18.1 Å². The first-order chi connectivity index (χ1) is 9.69. The lowest BCUT2D eigenvalue weighted by atomic mass is 10.0. The van der Waals surface area contributed by atoms with Crippen molar-refractivity contribution >= 4 is 23.4 Å². The minimum Gasteiger partial charge on any atom is -0.327 e. The smallest absolute Gasteiger partial charge is 0.327 e. The topological polar surface area (TPSA) is 55.1 Å². The second-order valence-electron chi connectivity index (χ2n) is 5.06. The molecule has 1 unspecified atom stereocenters. The molecule has 3 nitrogen and oxygen atoms in total. The van der Waals surface area contributed by atoms with Crippen molar-refractivity contribution in [2.75, 3.05) is 11.1 Å². The molecule has 1 amide bonds. The Bertz CT molecular complexity index is 478. The molecule has 1 aromatic rings. The molecule has 0 spiro atoms. The highest BCUT2D eigenvalue weighted by molar-refractivity contribution is 7.99. The van der Waals surface area contributed by atoms with Gasteiger partial charge in [0.2, 0.25) is 5.91 Å². The number of alkyl halides is 3. The van der Waals surface area contributed by atoms with Gasteiger partial charge in [0.15, 0.2) is 0 Å². The van der Waals surface area contributed by atoms with E-state index in [0.29, 0.717) is 22.3 Å². The highest BCUT2D eigenvalue weighted by atomic mass is 32.2. The quantitative estimate of drug-likeness (QED) is 0.787. The fraction of sp³-hybridized carbons (Fsp3) is 0.500. The third-order valence-electron chi connectivity index (χ3n) is 2.83. The molecule has 0 aliphatic rings. The zero-order valence-electron chi connectivity index (χ0n) is 11.9. The van der Waals surface area contributed by atoms with Crippen LogP contribution in [0.1, 0.15) is 20.3 Å². The first-order valence-electron chi connectivity index (χ1n) is 6.53. The Morgan fingerprint density at radius 1 is 1.33 bits per heavy atom. The lowest BCUT2D eigenvalue weighted by Gasteiger charge is -2.16. The van der Waals surface area contributed by atoms with Gasteiger partial charge < -0.3 is 11.1 Å². The molecular formula is C14H19F3N2OS. The predicted octanol–water partition coefficient (Wildman–Crippen LogP) is 3.65. The van der Waals surface area contributed by atoms with Gasteiger partial charge in [-0.15, -0.1) is 11.8 Å². The standard InChI is InChI=1S/C14H19F3N2OS/c1-9(2)10(18)7-13(20)19-11-5-3-4-6-12(11)21-8-14(15,16)17/h3-6,9-10H,7-8,18H2,1-2H3,(H,19,20). The molecule has 1 atom stereocenters. The maximum atomic E-state index is 12.3. The van der Waals surface area contributed by atoms with Gasteiger partial charge >= 0.3 is 6.18 Å². The number of rotatable bonds is 6. The molecule has 0 bridgehead atoms. The molecule has 0 saturated heterocycles. The SMILES string of the molecule is CC(C)C(N)CC(=O)Nc1ccccc1SCC(F)(F)F. The van der Waals surface area contributed by atoms with Crippen molar-refractivity contribution in [3.63, 3.8) is 0 Å². The van der Waals surface area contributed by atoms with Crippen molar-refractivity contribution in [2.45, 2.75) is 37.4 Å². The molecule has 21 heavy (non-hydrogen) atoms.